The van der Waals surface area contributed by atoms with Gasteiger partial charge in [-0.2, -0.15) is 0 Å². The largest absolute Gasteiger partial charge is 0.491 e. The summed E-state index contributed by atoms with van der Waals surface area (Å²) in [5.41, 5.74) is 2.59. The molecule has 2 N–H and O–H groups in total. The van der Waals surface area contributed by atoms with E-state index in [0.717, 1.165) is 32.0 Å². The Morgan fingerprint density at radius 2 is 1.97 bits per heavy atom. The number of aliphatic hydroxyl groups is 1. The van der Waals surface area contributed by atoms with E-state index in [0.29, 0.717) is 5.75 Å². The molecule has 1 unspecified atom stereocenters. The Morgan fingerprint density at radius 3 is 2.56 bits per heavy atom. The van der Waals surface area contributed by atoms with Crippen molar-refractivity contribution in [3.63, 3.8) is 0 Å². The first-order valence-electron chi connectivity index (χ1n) is 10.4. The lowest BCUT2D eigenvalue weighted by Crippen LogP contribution is -2.44. The minimum absolute atomic E-state index is 0. The van der Waals surface area contributed by atoms with Crippen LogP contribution in [0.5, 0.6) is 5.75 Å². The van der Waals surface area contributed by atoms with Gasteiger partial charge in [0.05, 0.1) is 11.5 Å². The zero-order chi connectivity index (χ0) is 22.1. The molecule has 3 rings (SSSR count). The van der Waals surface area contributed by atoms with E-state index in [2.05, 4.69) is 33.4 Å². The van der Waals surface area contributed by atoms with Gasteiger partial charge >= 0.3 is 0 Å². The summed E-state index contributed by atoms with van der Waals surface area (Å²) in [7, 11) is 0. The van der Waals surface area contributed by atoms with Crippen molar-refractivity contribution in [1.82, 2.24) is 10.2 Å². The zero-order valence-corrected chi connectivity index (χ0v) is 20.3. The van der Waals surface area contributed by atoms with Crippen LogP contribution in [0, 0.1) is 10.1 Å². The normalized spacial score (nSPS) is 14.8. The molecule has 0 aliphatic carbocycles. The highest BCUT2D eigenvalue weighted by atomic mass is 127. The highest BCUT2D eigenvalue weighted by Gasteiger charge is 2.17. The monoisotopic (exact) mass is 552 g/mol. The Labute approximate surface area is 205 Å². The van der Waals surface area contributed by atoms with Crippen LogP contribution in [0.1, 0.15) is 18.9 Å². The van der Waals surface area contributed by atoms with Crippen molar-refractivity contribution in [3.8, 4) is 5.75 Å². The first-order chi connectivity index (χ1) is 15.1. The summed E-state index contributed by atoms with van der Waals surface area (Å²) >= 11 is 0. The predicted molar refractivity (Wildman–Crippen MR) is 137 cm³/mol. The molecule has 0 bridgehead atoms. The number of aliphatic imine (C=N–C) groups is 1. The predicted octanol–water partition coefficient (Wildman–Crippen LogP) is 3.71. The molecule has 2 aromatic rings. The standard InChI is InChI=1S/C23H28N4O4.HI/c1-2-24-23(26-14-12-19(13-15-26)18-6-4-3-5-7-18)25-16-21(28)17-31-22-10-8-20(9-11-22)27(29)30;/h3-12,21,28H,2,13-17H2,1H3,(H,24,25);1H. The average molecular weight is 552 g/mol. The number of nitrogens with one attached hydrogen (secondary N) is 1. The maximum absolute atomic E-state index is 10.7. The fraction of sp³-hybridized carbons (Fsp3) is 0.348. The van der Waals surface area contributed by atoms with Crippen LogP contribution in [0.25, 0.3) is 5.57 Å². The van der Waals surface area contributed by atoms with Crippen LogP contribution in [-0.4, -0.2) is 59.8 Å². The van der Waals surface area contributed by atoms with Crippen LogP contribution in [0.4, 0.5) is 5.69 Å². The van der Waals surface area contributed by atoms with Crippen molar-refractivity contribution in [1.29, 1.82) is 0 Å². The molecule has 8 nitrogen and oxygen atoms in total. The summed E-state index contributed by atoms with van der Waals surface area (Å²) in [5.74, 6) is 1.23. The molecule has 32 heavy (non-hydrogen) atoms. The quantitative estimate of drug-likeness (QED) is 0.170. The fourth-order valence-electron chi connectivity index (χ4n) is 3.30. The molecule has 0 saturated carbocycles. The van der Waals surface area contributed by atoms with E-state index in [9.17, 15) is 15.2 Å². The van der Waals surface area contributed by atoms with E-state index < -0.39 is 11.0 Å². The van der Waals surface area contributed by atoms with E-state index in [-0.39, 0.29) is 42.8 Å². The number of halogens is 1. The number of hydrogen-bond donors (Lipinski definition) is 2. The number of guanidine groups is 1. The number of aliphatic hydroxyl groups excluding tert-OH is 1. The highest BCUT2D eigenvalue weighted by Crippen LogP contribution is 2.22. The molecule has 0 amide bonds. The first kappa shape index (κ1) is 25.6. The lowest BCUT2D eigenvalue weighted by Gasteiger charge is -2.30. The van der Waals surface area contributed by atoms with Crippen molar-refractivity contribution < 1.29 is 14.8 Å². The summed E-state index contributed by atoms with van der Waals surface area (Å²) in [6.45, 7) is 4.60. The second-order valence-electron chi connectivity index (χ2n) is 7.20. The number of non-ortho nitro benzene ring substituents is 1. The van der Waals surface area contributed by atoms with Gasteiger partial charge in [-0.1, -0.05) is 36.4 Å². The molecule has 0 radical (unpaired) electrons. The second kappa shape index (κ2) is 13.0. The van der Waals surface area contributed by atoms with Crippen molar-refractivity contribution in [2.24, 2.45) is 4.99 Å². The SMILES string of the molecule is CCNC(=NCC(O)COc1ccc([N+](=O)[O-])cc1)N1CC=C(c2ccccc2)CC1.I. The lowest BCUT2D eigenvalue weighted by molar-refractivity contribution is -0.384. The van der Waals surface area contributed by atoms with Crippen molar-refractivity contribution in [3.05, 3.63) is 76.4 Å². The van der Waals surface area contributed by atoms with Crippen LogP contribution in [0.2, 0.25) is 0 Å². The van der Waals surface area contributed by atoms with Crippen LogP contribution in [0.15, 0.2) is 65.7 Å². The average Bonchev–Trinajstić information content (AvgIpc) is 2.81. The summed E-state index contributed by atoms with van der Waals surface area (Å²) in [6, 6.07) is 16.1. The Morgan fingerprint density at radius 1 is 1.25 bits per heavy atom. The molecule has 1 aliphatic heterocycles. The molecule has 1 heterocycles. The molecular formula is C23H29IN4O4. The van der Waals surface area contributed by atoms with Gasteiger partial charge in [-0.15, -0.1) is 24.0 Å². The Bertz CT molecular complexity index is 919. The summed E-state index contributed by atoms with van der Waals surface area (Å²) in [5, 5.41) is 24.2. The third kappa shape index (κ3) is 7.49. The first-order valence-corrected chi connectivity index (χ1v) is 10.4. The Hall–Kier alpha value is -2.66. The molecule has 1 atom stereocenters. The molecule has 0 spiro atoms. The van der Waals surface area contributed by atoms with Gasteiger partial charge in [-0.05, 0) is 36.6 Å². The van der Waals surface area contributed by atoms with Gasteiger partial charge in [0.2, 0.25) is 0 Å². The topological polar surface area (TPSA) is 100 Å². The summed E-state index contributed by atoms with van der Waals surface area (Å²) in [4.78, 5) is 17.0. The van der Waals surface area contributed by atoms with E-state index in [4.69, 9.17) is 4.74 Å². The fourth-order valence-corrected chi connectivity index (χ4v) is 3.30. The number of ether oxygens (including phenoxy) is 1. The number of rotatable bonds is 8. The zero-order valence-electron chi connectivity index (χ0n) is 18.0. The highest BCUT2D eigenvalue weighted by molar-refractivity contribution is 14.0. The summed E-state index contributed by atoms with van der Waals surface area (Å²) in [6.07, 6.45) is 2.36. The summed E-state index contributed by atoms with van der Waals surface area (Å²) < 4.78 is 5.52. The van der Waals surface area contributed by atoms with E-state index >= 15 is 0 Å². The molecular weight excluding hydrogens is 523 g/mol. The molecule has 1 aliphatic rings. The van der Waals surface area contributed by atoms with Gasteiger partial charge in [-0.3, -0.25) is 15.1 Å². The van der Waals surface area contributed by atoms with Gasteiger partial charge in [0, 0.05) is 31.8 Å². The Kier molecular flexibility index (Phi) is 10.4. The number of nitrogens with zero attached hydrogens (tertiary/aromatic N) is 3. The molecule has 0 fully saturated rings. The molecule has 0 saturated heterocycles. The minimum Gasteiger partial charge on any atom is -0.491 e. The molecule has 9 heteroatoms. The third-order valence-corrected chi connectivity index (χ3v) is 4.93. The van der Waals surface area contributed by atoms with Crippen molar-refractivity contribution >= 4 is 41.2 Å². The third-order valence-electron chi connectivity index (χ3n) is 4.93. The van der Waals surface area contributed by atoms with E-state index in [1.807, 2.05) is 25.1 Å². The maximum Gasteiger partial charge on any atom is 0.269 e. The molecule has 0 aromatic heterocycles. The number of nitro groups is 1. The number of benzene rings is 2. The van der Waals surface area contributed by atoms with Gasteiger partial charge in [0.25, 0.3) is 5.69 Å². The molecule has 2 aromatic carbocycles. The van der Waals surface area contributed by atoms with Gasteiger partial charge < -0.3 is 20.1 Å². The second-order valence-corrected chi connectivity index (χ2v) is 7.20. The maximum atomic E-state index is 10.7. The van der Waals surface area contributed by atoms with E-state index in [1.165, 1.54) is 35.4 Å². The van der Waals surface area contributed by atoms with Crippen LogP contribution >= 0.6 is 24.0 Å². The number of nitro benzene ring substituents is 1. The molecule has 172 valence electrons. The smallest absolute Gasteiger partial charge is 0.269 e. The van der Waals surface area contributed by atoms with Gasteiger partial charge in [-0.25, -0.2) is 0 Å². The Balaban J connectivity index is 0.00000363. The number of hydrogen-bond acceptors (Lipinski definition) is 5. The minimum atomic E-state index is -0.788. The lowest BCUT2D eigenvalue weighted by atomic mass is 10.00. The van der Waals surface area contributed by atoms with Crippen LogP contribution in [-0.2, 0) is 0 Å². The van der Waals surface area contributed by atoms with Crippen molar-refractivity contribution in [2.45, 2.75) is 19.4 Å². The van der Waals surface area contributed by atoms with Crippen molar-refractivity contribution in [2.75, 3.05) is 32.8 Å². The van der Waals surface area contributed by atoms with Gasteiger partial charge in [0.1, 0.15) is 18.5 Å². The van der Waals surface area contributed by atoms with E-state index in [1.54, 1.807) is 0 Å². The van der Waals surface area contributed by atoms with Crippen LogP contribution < -0.4 is 10.1 Å². The van der Waals surface area contributed by atoms with Crippen LogP contribution in [0.3, 0.4) is 0 Å². The van der Waals surface area contributed by atoms with Gasteiger partial charge in [0.15, 0.2) is 5.96 Å².